The molecule has 0 saturated carbocycles. The molecule has 0 radical (unpaired) electrons. The quantitative estimate of drug-likeness (QED) is 0.786. The highest BCUT2D eigenvalue weighted by Gasteiger charge is 2.34. The second-order valence-electron chi connectivity index (χ2n) is 7.86. The van der Waals surface area contributed by atoms with Crippen LogP contribution in [0.4, 0.5) is 0 Å². The van der Waals surface area contributed by atoms with E-state index in [9.17, 15) is 9.90 Å². The maximum absolute atomic E-state index is 11.7. The summed E-state index contributed by atoms with van der Waals surface area (Å²) in [5.74, 6) is -0.916. The number of carbonyl (C=O) groups is 1. The van der Waals surface area contributed by atoms with Gasteiger partial charge in [0.1, 0.15) is 0 Å². The molecular formula is C20H30N4O3. The smallest absolute Gasteiger partial charge is 0.356 e. The number of rotatable bonds is 5. The highest BCUT2D eigenvalue weighted by Crippen LogP contribution is 2.30. The Balaban J connectivity index is 1.41. The normalized spacial score (nSPS) is 25.3. The lowest BCUT2D eigenvalue weighted by molar-refractivity contribution is -0.00398. The van der Waals surface area contributed by atoms with Crippen LogP contribution in [0.3, 0.4) is 0 Å². The molecule has 27 heavy (non-hydrogen) atoms. The predicted octanol–water partition coefficient (Wildman–Crippen LogP) is 1.42. The minimum atomic E-state index is -0.916. The van der Waals surface area contributed by atoms with E-state index in [0.717, 1.165) is 69.9 Å². The molecule has 7 heteroatoms. The summed E-state index contributed by atoms with van der Waals surface area (Å²) in [6, 6.07) is 1.11. The molecule has 1 aromatic rings. The Labute approximate surface area is 160 Å². The van der Waals surface area contributed by atoms with E-state index in [-0.39, 0.29) is 5.69 Å². The number of fused-ring (bicyclic) bond motifs is 1. The van der Waals surface area contributed by atoms with Gasteiger partial charge in [0.25, 0.3) is 0 Å². The molecule has 148 valence electrons. The largest absolute Gasteiger partial charge is 0.476 e. The number of aromatic carboxylic acids is 1. The molecule has 0 spiro atoms. The van der Waals surface area contributed by atoms with Crippen molar-refractivity contribution in [3.8, 4) is 0 Å². The third-order valence-corrected chi connectivity index (χ3v) is 6.40. The Hall–Kier alpha value is -1.70. The zero-order valence-electron chi connectivity index (χ0n) is 16.0. The van der Waals surface area contributed by atoms with E-state index >= 15 is 0 Å². The molecule has 2 fully saturated rings. The van der Waals surface area contributed by atoms with Crippen molar-refractivity contribution >= 4 is 5.97 Å². The molecule has 0 unspecified atom stereocenters. The molecule has 1 aliphatic carbocycles. The van der Waals surface area contributed by atoms with Crippen LogP contribution in [0, 0.1) is 0 Å². The lowest BCUT2D eigenvalue weighted by Gasteiger charge is -2.43. The number of allylic oxidation sites excluding steroid dienone is 1. The van der Waals surface area contributed by atoms with Crippen LogP contribution in [0.2, 0.25) is 0 Å². The summed E-state index contributed by atoms with van der Waals surface area (Å²) < 4.78 is 7.30. The molecule has 1 atom stereocenters. The van der Waals surface area contributed by atoms with E-state index in [1.54, 1.807) is 6.08 Å². The molecule has 2 aliphatic heterocycles. The van der Waals surface area contributed by atoms with Crippen molar-refractivity contribution in [2.45, 2.75) is 50.7 Å². The van der Waals surface area contributed by atoms with Gasteiger partial charge in [-0.1, -0.05) is 6.08 Å². The number of nitrogens with zero attached hydrogens (tertiary/aromatic N) is 4. The Kier molecular flexibility index (Phi) is 5.61. The molecule has 0 aromatic carbocycles. The van der Waals surface area contributed by atoms with Gasteiger partial charge in [-0.2, -0.15) is 5.10 Å². The fourth-order valence-corrected chi connectivity index (χ4v) is 4.98. The highest BCUT2D eigenvalue weighted by atomic mass is 16.5. The van der Waals surface area contributed by atoms with Crippen LogP contribution in [0.15, 0.2) is 12.7 Å². The SMILES string of the molecule is C=CCn1nc(C(=O)O)c2c1CC[C@@H](N1CCC(N3CCOCC3)CC1)C2. The molecule has 0 bridgehead atoms. The van der Waals surface area contributed by atoms with Gasteiger partial charge in [-0.3, -0.25) is 14.5 Å². The molecule has 3 aliphatic rings. The summed E-state index contributed by atoms with van der Waals surface area (Å²) in [6.07, 6.45) is 6.96. The lowest BCUT2D eigenvalue weighted by Crippen LogP contribution is -2.51. The van der Waals surface area contributed by atoms with E-state index in [1.807, 2.05) is 4.68 Å². The van der Waals surface area contributed by atoms with Gasteiger partial charge in [-0.15, -0.1) is 6.58 Å². The number of aromatic nitrogens is 2. The van der Waals surface area contributed by atoms with Gasteiger partial charge in [-0.05, 0) is 45.2 Å². The summed E-state index contributed by atoms with van der Waals surface area (Å²) in [5.41, 5.74) is 2.27. The minimum absolute atomic E-state index is 0.236. The van der Waals surface area contributed by atoms with Crippen molar-refractivity contribution in [1.82, 2.24) is 19.6 Å². The fourth-order valence-electron chi connectivity index (χ4n) is 4.98. The van der Waals surface area contributed by atoms with Crippen LogP contribution in [0.25, 0.3) is 0 Å². The monoisotopic (exact) mass is 374 g/mol. The van der Waals surface area contributed by atoms with Crippen LogP contribution >= 0.6 is 0 Å². The lowest BCUT2D eigenvalue weighted by atomic mass is 9.88. The van der Waals surface area contributed by atoms with Gasteiger partial charge in [0, 0.05) is 36.4 Å². The molecule has 1 aromatic heterocycles. The third-order valence-electron chi connectivity index (χ3n) is 6.40. The molecule has 2 saturated heterocycles. The van der Waals surface area contributed by atoms with Gasteiger partial charge in [0.05, 0.1) is 19.8 Å². The van der Waals surface area contributed by atoms with Crippen LogP contribution in [-0.2, 0) is 24.1 Å². The minimum Gasteiger partial charge on any atom is -0.476 e. The molecule has 3 heterocycles. The standard InChI is InChI=1S/C20H30N4O3/c1-2-7-24-18-4-3-16(14-17(18)19(21-24)20(25)26)22-8-5-15(6-9-22)23-10-12-27-13-11-23/h2,15-16H,1,3-14H2,(H,25,26)/t16-/m1/s1. The molecule has 0 amide bonds. The number of morpholine rings is 1. The first kappa shape index (κ1) is 18.7. The summed E-state index contributed by atoms with van der Waals surface area (Å²) in [5, 5.41) is 13.9. The van der Waals surface area contributed by atoms with E-state index in [0.29, 0.717) is 18.6 Å². The van der Waals surface area contributed by atoms with E-state index < -0.39 is 5.97 Å². The Bertz CT molecular complexity index is 688. The van der Waals surface area contributed by atoms with Crippen LogP contribution in [0.1, 0.15) is 41.0 Å². The van der Waals surface area contributed by atoms with Gasteiger partial charge < -0.3 is 9.84 Å². The Morgan fingerprint density at radius 3 is 2.52 bits per heavy atom. The first-order valence-corrected chi connectivity index (χ1v) is 10.2. The van der Waals surface area contributed by atoms with Crippen molar-refractivity contribution < 1.29 is 14.6 Å². The summed E-state index contributed by atoms with van der Waals surface area (Å²) in [7, 11) is 0. The van der Waals surface area contributed by atoms with Crippen molar-refractivity contribution in [1.29, 1.82) is 0 Å². The van der Waals surface area contributed by atoms with Crippen molar-refractivity contribution in [2.75, 3.05) is 39.4 Å². The van der Waals surface area contributed by atoms with E-state index in [2.05, 4.69) is 21.5 Å². The Morgan fingerprint density at radius 2 is 1.85 bits per heavy atom. The van der Waals surface area contributed by atoms with Crippen LogP contribution in [-0.4, -0.2) is 82.1 Å². The highest BCUT2D eigenvalue weighted by molar-refractivity contribution is 5.87. The first-order valence-electron chi connectivity index (χ1n) is 10.2. The van der Waals surface area contributed by atoms with Crippen molar-refractivity contribution in [3.63, 3.8) is 0 Å². The zero-order chi connectivity index (χ0) is 18.8. The summed E-state index contributed by atoms with van der Waals surface area (Å²) >= 11 is 0. The number of hydrogen-bond acceptors (Lipinski definition) is 5. The average Bonchev–Trinajstić information content (AvgIpc) is 3.07. The molecular weight excluding hydrogens is 344 g/mol. The fraction of sp³-hybridized carbons (Fsp3) is 0.700. The predicted molar refractivity (Wildman–Crippen MR) is 102 cm³/mol. The van der Waals surface area contributed by atoms with E-state index in [4.69, 9.17) is 4.74 Å². The number of piperidine rings is 1. The zero-order valence-corrected chi connectivity index (χ0v) is 16.0. The maximum atomic E-state index is 11.7. The second kappa shape index (κ2) is 8.12. The van der Waals surface area contributed by atoms with Gasteiger partial charge in [0.15, 0.2) is 5.69 Å². The Morgan fingerprint density at radius 1 is 1.15 bits per heavy atom. The number of ether oxygens (including phenoxy) is 1. The van der Waals surface area contributed by atoms with Crippen LogP contribution in [0.5, 0.6) is 0 Å². The number of carboxylic acid groups (broad SMARTS) is 1. The van der Waals surface area contributed by atoms with E-state index in [1.165, 1.54) is 12.8 Å². The van der Waals surface area contributed by atoms with Gasteiger partial charge in [-0.25, -0.2) is 4.79 Å². The summed E-state index contributed by atoms with van der Waals surface area (Å²) in [4.78, 5) is 16.8. The molecule has 7 nitrogen and oxygen atoms in total. The van der Waals surface area contributed by atoms with Crippen molar-refractivity contribution in [3.05, 3.63) is 29.6 Å². The number of likely N-dealkylation sites (tertiary alicyclic amines) is 1. The average molecular weight is 374 g/mol. The molecule has 4 rings (SSSR count). The summed E-state index contributed by atoms with van der Waals surface area (Å²) in [6.45, 7) is 10.4. The van der Waals surface area contributed by atoms with Crippen molar-refractivity contribution in [2.24, 2.45) is 0 Å². The van der Waals surface area contributed by atoms with Gasteiger partial charge >= 0.3 is 5.97 Å². The maximum Gasteiger partial charge on any atom is 0.356 e. The van der Waals surface area contributed by atoms with Crippen LogP contribution < -0.4 is 0 Å². The third kappa shape index (κ3) is 3.81. The number of carboxylic acids is 1. The second-order valence-corrected chi connectivity index (χ2v) is 7.86. The topological polar surface area (TPSA) is 70.8 Å². The van der Waals surface area contributed by atoms with Gasteiger partial charge in [0.2, 0.25) is 0 Å². The number of hydrogen-bond donors (Lipinski definition) is 1. The first-order chi connectivity index (χ1) is 13.2. The molecule has 1 N–H and O–H groups in total.